The zero-order valence-corrected chi connectivity index (χ0v) is 11.0. The van der Waals surface area contributed by atoms with E-state index >= 15 is 0 Å². The van der Waals surface area contributed by atoms with Gasteiger partial charge in [0.25, 0.3) is 0 Å². The molecule has 15 heavy (non-hydrogen) atoms. The monoisotopic (exact) mass is 224 g/mol. The van der Waals surface area contributed by atoms with E-state index in [0.717, 1.165) is 5.69 Å². The molecule has 84 valence electrons. The minimum atomic E-state index is 1.15. The molecule has 1 aromatic heterocycles. The first-order chi connectivity index (χ1) is 7.36. The van der Waals surface area contributed by atoms with Crippen molar-refractivity contribution >= 4 is 23.7 Å². The van der Waals surface area contributed by atoms with Crippen LogP contribution in [0.15, 0.2) is 23.4 Å². The summed E-state index contributed by atoms with van der Waals surface area (Å²) < 4.78 is 3.22. The third-order valence-electron chi connectivity index (χ3n) is 1.53. The van der Waals surface area contributed by atoms with Gasteiger partial charge in [0, 0.05) is 22.9 Å². The predicted molar refractivity (Wildman–Crippen MR) is 71.8 cm³/mol. The van der Waals surface area contributed by atoms with Gasteiger partial charge in [-0.15, -0.1) is 0 Å². The average molecular weight is 224 g/mol. The first kappa shape index (κ1) is 14.0. The molecule has 0 saturated heterocycles. The van der Waals surface area contributed by atoms with E-state index in [2.05, 4.69) is 22.7 Å². The fraction of sp³-hybridized carbons (Fsp3) is 0.417. The molecule has 1 aliphatic heterocycles. The van der Waals surface area contributed by atoms with Crippen LogP contribution in [-0.4, -0.2) is 4.98 Å². The molecule has 0 amide bonds. The lowest BCUT2D eigenvalue weighted by Gasteiger charge is -2.13. The lowest BCUT2D eigenvalue weighted by atomic mass is 10.2. The zero-order valence-electron chi connectivity index (χ0n) is 10.2. The summed E-state index contributed by atoms with van der Waals surface area (Å²) in [6.07, 6.45) is 5.79. The maximum atomic E-state index is 4.04. The van der Waals surface area contributed by atoms with Crippen molar-refractivity contribution in [2.24, 2.45) is 0 Å². The number of aromatic nitrogens is 1. The second kappa shape index (κ2) is 8.36. The van der Waals surface area contributed by atoms with Crippen molar-refractivity contribution in [1.82, 2.24) is 4.98 Å². The number of hydrogen-bond donors (Lipinski definition) is 1. The number of hydrogen-bond acceptors (Lipinski definition) is 3. The van der Waals surface area contributed by atoms with Crippen molar-refractivity contribution in [3.63, 3.8) is 0 Å². The summed E-state index contributed by atoms with van der Waals surface area (Å²) in [5.74, 6) is 0. The lowest BCUT2D eigenvalue weighted by Crippen LogP contribution is -1.95. The van der Waals surface area contributed by atoms with Gasteiger partial charge in [0.05, 0.1) is 5.69 Å². The van der Waals surface area contributed by atoms with E-state index in [1.165, 1.54) is 10.5 Å². The van der Waals surface area contributed by atoms with E-state index in [1.54, 1.807) is 18.1 Å². The minimum Gasteiger partial charge on any atom is -0.325 e. The van der Waals surface area contributed by atoms with Gasteiger partial charge in [0.2, 0.25) is 0 Å². The van der Waals surface area contributed by atoms with Crippen molar-refractivity contribution in [3.8, 4) is 0 Å². The highest BCUT2D eigenvalue weighted by Crippen LogP contribution is 2.30. The summed E-state index contributed by atoms with van der Waals surface area (Å²) in [6, 6.07) is 1.98. The van der Waals surface area contributed by atoms with E-state index in [-0.39, 0.29) is 0 Å². The van der Waals surface area contributed by atoms with Crippen LogP contribution in [-0.2, 0) is 0 Å². The molecule has 0 aromatic carbocycles. The van der Waals surface area contributed by atoms with Gasteiger partial charge in [0.15, 0.2) is 0 Å². The summed E-state index contributed by atoms with van der Waals surface area (Å²) >= 11 is 1.64. The Morgan fingerprint density at radius 2 is 1.87 bits per heavy atom. The number of nitrogens with one attached hydrogen (secondary N) is 1. The van der Waals surface area contributed by atoms with Crippen LogP contribution < -0.4 is 4.72 Å². The lowest BCUT2D eigenvalue weighted by molar-refractivity contribution is 1.32. The van der Waals surface area contributed by atoms with Crippen molar-refractivity contribution in [3.05, 3.63) is 28.9 Å². The molecule has 0 aliphatic carbocycles. The van der Waals surface area contributed by atoms with Crippen LogP contribution in [0.3, 0.4) is 0 Å². The highest BCUT2D eigenvalue weighted by atomic mass is 32.2. The molecule has 0 spiro atoms. The van der Waals surface area contributed by atoms with Crippen LogP contribution in [0.1, 0.15) is 40.2 Å². The number of allylic oxidation sites excluding steroid dienone is 1. The Bertz CT molecular complexity index is 308. The SMILES string of the molecule is CC.CC.CC1=Cc2cnccc2NS1. The van der Waals surface area contributed by atoms with Crippen LogP contribution >= 0.6 is 11.9 Å². The molecule has 0 radical (unpaired) electrons. The van der Waals surface area contributed by atoms with E-state index in [0.29, 0.717) is 0 Å². The summed E-state index contributed by atoms with van der Waals surface area (Å²) in [6.45, 7) is 10.1. The van der Waals surface area contributed by atoms with Gasteiger partial charge in [-0.2, -0.15) is 0 Å². The molecule has 0 saturated carbocycles. The largest absolute Gasteiger partial charge is 0.325 e. The molecule has 0 unspecified atom stereocenters. The predicted octanol–water partition coefficient (Wildman–Crippen LogP) is 4.57. The molecule has 2 rings (SSSR count). The van der Waals surface area contributed by atoms with Gasteiger partial charge in [-0.3, -0.25) is 4.98 Å². The van der Waals surface area contributed by atoms with E-state index in [4.69, 9.17) is 0 Å². The normalized spacial score (nSPS) is 11.7. The minimum absolute atomic E-state index is 1.15. The van der Waals surface area contributed by atoms with E-state index < -0.39 is 0 Å². The van der Waals surface area contributed by atoms with Crippen LogP contribution in [0.2, 0.25) is 0 Å². The average Bonchev–Trinajstić information content (AvgIpc) is 2.34. The summed E-state index contributed by atoms with van der Waals surface area (Å²) in [4.78, 5) is 5.31. The third-order valence-corrected chi connectivity index (χ3v) is 2.29. The van der Waals surface area contributed by atoms with Crippen LogP contribution in [0.25, 0.3) is 6.08 Å². The summed E-state index contributed by atoms with van der Waals surface area (Å²) in [5, 5.41) is 0. The molecule has 0 atom stereocenters. The topological polar surface area (TPSA) is 24.9 Å². The summed E-state index contributed by atoms with van der Waals surface area (Å²) in [7, 11) is 0. The Hall–Kier alpha value is -0.960. The van der Waals surface area contributed by atoms with Gasteiger partial charge in [-0.05, 0) is 31.0 Å². The van der Waals surface area contributed by atoms with Crippen molar-refractivity contribution in [2.75, 3.05) is 4.72 Å². The highest BCUT2D eigenvalue weighted by molar-refractivity contribution is 8.04. The first-order valence-corrected chi connectivity index (χ1v) is 6.23. The van der Waals surface area contributed by atoms with Crippen LogP contribution in [0.5, 0.6) is 0 Å². The molecular formula is C12H20N2S. The molecule has 2 nitrogen and oxygen atoms in total. The maximum absolute atomic E-state index is 4.04. The molecular weight excluding hydrogens is 204 g/mol. The fourth-order valence-electron chi connectivity index (χ4n) is 0.999. The first-order valence-electron chi connectivity index (χ1n) is 5.41. The van der Waals surface area contributed by atoms with Crippen LogP contribution in [0, 0.1) is 0 Å². The van der Waals surface area contributed by atoms with Crippen LogP contribution in [0.4, 0.5) is 5.69 Å². The number of fused-ring (bicyclic) bond motifs is 1. The molecule has 1 aromatic rings. The number of anilines is 1. The Morgan fingerprint density at radius 1 is 1.20 bits per heavy atom. The fourth-order valence-corrected chi connectivity index (χ4v) is 1.64. The Balaban J connectivity index is 0.000000442. The maximum Gasteiger partial charge on any atom is 0.0547 e. The van der Waals surface area contributed by atoms with Gasteiger partial charge >= 0.3 is 0 Å². The Morgan fingerprint density at radius 3 is 2.53 bits per heavy atom. The molecule has 1 N–H and O–H groups in total. The van der Waals surface area contributed by atoms with Crippen molar-refractivity contribution < 1.29 is 0 Å². The van der Waals surface area contributed by atoms with Gasteiger partial charge < -0.3 is 4.72 Å². The number of pyridine rings is 1. The quantitative estimate of drug-likeness (QED) is 0.653. The smallest absolute Gasteiger partial charge is 0.0547 e. The Kier molecular flexibility index (Phi) is 7.82. The van der Waals surface area contributed by atoms with Gasteiger partial charge in [-0.25, -0.2) is 0 Å². The molecule has 3 heteroatoms. The molecule has 2 heterocycles. The molecule has 0 bridgehead atoms. The third kappa shape index (κ3) is 4.38. The standard InChI is InChI=1S/C8H8N2S.2C2H6/c1-6-4-7-5-9-3-2-8(7)10-11-6;2*1-2/h2-5,10H,1H3;2*1-2H3. The summed E-state index contributed by atoms with van der Waals surface area (Å²) in [5.41, 5.74) is 2.32. The Labute approximate surface area is 97.3 Å². The van der Waals surface area contributed by atoms with Crippen molar-refractivity contribution in [2.45, 2.75) is 34.6 Å². The second-order valence-corrected chi connectivity index (χ2v) is 3.47. The number of nitrogens with zero attached hydrogens (tertiary/aromatic N) is 1. The highest BCUT2D eigenvalue weighted by Gasteiger charge is 2.05. The second-order valence-electron chi connectivity index (χ2n) is 2.42. The van der Waals surface area contributed by atoms with E-state index in [1.807, 2.05) is 40.0 Å². The van der Waals surface area contributed by atoms with E-state index in [9.17, 15) is 0 Å². The molecule has 1 aliphatic rings. The van der Waals surface area contributed by atoms with Crippen molar-refractivity contribution in [1.29, 1.82) is 0 Å². The van der Waals surface area contributed by atoms with Gasteiger partial charge in [0.1, 0.15) is 0 Å². The zero-order chi connectivity index (χ0) is 11.7. The van der Waals surface area contributed by atoms with Gasteiger partial charge in [-0.1, -0.05) is 27.7 Å². The number of rotatable bonds is 0. The molecule has 0 fully saturated rings.